The number of rotatable bonds is 7. The summed E-state index contributed by atoms with van der Waals surface area (Å²) in [5, 5.41) is 3.25. The number of benzene rings is 2. The Labute approximate surface area is 157 Å². The maximum atomic E-state index is 12.3. The first kappa shape index (κ1) is 19.6. The molecular formula is C19H20ClNO5. The molecule has 1 amide bonds. The normalized spacial score (nSPS) is 11.4. The maximum absolute atomic E-state index is 12.3. The van der Waals surface area contributed by atoms with Crippen molar-refractivity contribution in [3.63, 3.8) is 0 Å². The van der Waals surface area contributed by atoms with Crippen LogP contribution in [0.25, 0.3) is 0 Å². The van der Waals surface area contributed by atoms with Crippen molar-refractivity contribution in [1.29, 1.82) is 0 Å². The highest BCUT2D eigenvalue weighted by Crippen LogP contribution is 2.25. The van der Waals surface area contributed by atoms with Crippen molar-refractivity contribution in [1.82, 2.24) is 5.32 Å². The van der Waals surface area contributed by atoms with E-state index in [9.17, 15) is 9.59 Å². The van der Waals surface area contributed by atoms with Crippen LogP contribution in [-0.2, 0) is 16.1 Å². The molecule has 0 radical (unpaired) electrons. The summed E-state index contributed by atoms with van der Waals surface area (Å²) in [7, 11) is 2.95. The SMILES string of the molecule is COc1ccc(C(=O)OC(C)C(=O)NCc2ccccc2Cl)c(OC)c1. The minimum atomic E-state index is -0.975. The predicted molar refractivity (Wildman–Crippen MR) is 97.7 cm³/mol. The maximum Gasteiger partial charge on any atom is 0.342 e. The molecule has 0 aliphatic carbocycles. The fourth-order valence-corrected chi connectivity index (χ4v) is 2.42. The molecule has 0 saturated heterocycles. The van der Waals surface area contributed by atoms with E-state index >= 15 is 0 Å². The van der Waals surface area contributed by atoms with Gasteiger partial charge in [0.25, 0.3) is 5.91 Å². The summed E-state index contributed by atoms with van der Waals surface area (Å²) in [6.07, 6.45) is -0.975. The highest BCUT2D eigenvalue weighted by molar-refractivity contribution is 6.31. The van der Waals surface area contributed by atoms with E-state index in [2.05, 4.69) is 5.32 Å². The second-order valence-corrected chi connectivity index (χ2v) is 5.83. The third kappa shape index (κ3) is 4.89. The number of methoxy groups -OCH3 is 2. The molecule has 0 heterocycles. The van der Waals surface area contributed by atoms with Crippen molar-refractivity contribution < 1.29 is 23.8 Å². The molecule has 2 aromatic rings. The van der Waals surface area contributed by atoms with Gasteiger partial charge in [-0.3, -0.25) is 4.79 Å². The third-order valence-electron chi connectivity index (χ3n) is 3.69. The Kier molecular flexibility index (Phi) is 6.86. The average Bonchev–Trinajstić information content (AvgIpc) is 2.66. The summed E-state index contributed by atoms with van der Waals surface area (Å²) in [5.74, 6) is -0.238. The topological polar surface area (TPSA) is 73.9 Å². The molecule has 0 bridgehead atoms. The highest BCUT2D eigenvalue weighted by Gasteiger charge is 2.21. The number of amides is 1. The molecule has 1 N–H and O–H groups in total. The number of hydrogen-bond donors (Lipinski definition) is 1. The molecule has 7 heteroatoms. The van der Waals surface area contributed by atoms with Crippen molar-refractivity contribution in [2.45, 2.75) is 19.6 Å². The van der Waals surface area contributed by atoms with Gasteiger partial charge in [0.15, 0.2) is 6.10 Å². The minimum Gasteiger partial charge on any atom is -0.497 e. The first-order valence-corrected chi connectivity index (χ1v) is 8.28. The Balaban J connectivity index is 1.98. The van der Waals surface area contributed by atoms with E-state index in [1.54, 1.807) is 24.3 Å². The Morgan fingerprint density at radius 3 is 2.50 bits per heavy atom. The van der Waals surface area contributed by atoms with Gasteiger partial charge in [0.2, 0.25) is 0 Å². The molecule has 0 saturated carbocycles. The number of hydrogen-bond acceptors (Lipinski definition) is 5. The molecule has 1 atom stereocenters. The zero-order chi connectivity index (χ0) is 19.1. The van der Waals surface area contributed by atoms with Gasteiger partial charge in [-0.25, -0.2) is 4.79 Å². The van der Waals surface area contributed by atoms with Crippen molar-refractivity contribution in [2.24, 2.45) is 0 Å². The molecule has 1 unspecified atom stereocenters. The molecule has 2 rings (SSSR count). The van der Waals surface area contributed by atoms with Crippen LogP contribution in [0.4, 0.5) is 0 Å². The van der Waals surface area contributed by atoms with Crippen LogP contribution in [-0.4, -0.2) is 32.2 Å². The highest BCUT2D eigenvalue weighted by atomic mass is 35.5. The molecule has 0 aliphatic rings. The Morgan fingerprint density at radius 2 is 1.85 bits per heavy atom. The summed E-state index contributed by atoms with van der Waals surface area (Å²) in [6, 6.07) is 11.9. The van der Waals surface area contributed by atoms with E-state index in [1.807, 2.05) is 12.1 Å². The van der Waals surface area contributed by atoms with Crippen molar-refractivity contribution >= 4 is 23.5 Å². The summed E-state index contributed by atoms with van der Waals surface area (Å²) in [6.45, 7) is 1.74. The molecule has 2 aromatic carbocycles. The molecular weight excluding hydrogens is 358 g/mol. The molecule has 0 spiro atoms. The van der Waals surface area contributed by atoms with Gasteiger partial charge < -0.3 is 19.5 Å². The van der Waals surface area contributed by atoms with Crippen LogP contribution in [0.1, 0.15) is 22.8 Å². The summed E-state index contributed by atoms with van der Waals surface area (Å²) >= 11 is 6.05. The Hall–Kier alpha value is -2.73. The summed E-state index contributed by atoms with van der Waals surface area (Å²) in [5.41, 5.74) is 0.983. The average molecular weight is 378 g/mol. The van der Waals surface area contributed by atoms with Gasteiger partial charge >= 0.3 is 5.97 Å². The van der Waals surface area contributed by atoms with Crippen LogP contribution in [0.5, 0.6) is 11.5 Å². The lowest BCUT2D eigenvalue weighted by Crippen LogP contribution is -2.35. The number of esters is 1. The summed E-state index contributed by atoms with van der Waals surface area (Å²) < 4.78 is 15.5. The van der Waals surface area contributed by atoms with E-state index in [0.717, 1.165) is 5.56 Å². The number of carbonyl (C=O) groups is 2. The van der Waals surface area contributed by atoms with Crippen LogP contribution in [0.3, 0.4) is 0 Å². The van der Waals surface area contributed by atoms with E-state index in [4.69, 9.17) is 25.8 Å². The van der Waals surface area contributed by atoms with Gasteiger partial charge in [0.1, 0.15) is 17.1 Å². The predicted octanol–water partition coefficient (Wildman–Crippen LogP) is 3.22. The Morgan fingerprint density at radius 1 is 1.12 bits per heavy atom. The second kappa shape index (κ2) is 9.10. The number of nitrogens with one attached hydrogen (secondary N) is 1. The van der Waals surface area contributed by atoms with Crippen molar-refractivity contribution in [3.8, 4) is 11.5 Å². The monoisotopic (exact) mass is 377 g/mol. The van der Waals surface area contributed by atoms with Gasteiger partial charge in [-0.1, -0.05) is 29.8 Å². The zero-order valence-electron chi connectivity index (χ0n) is 14.7. The zero-order valence-corrected chi connectivity index (χ0v) is 15.5. The molecule has 26 heavy (non-hydrogen) atoms. The van der Waals surface area contributed by atoms with Gasteiger partial charge in [-0.15, -0.1) is 0 Å². The van der Waals surface area contributed by atoms with Crippen LogP contribution in [0.2, 0.25) is 5.02 Å². The lowest BCUT2D eigenvalue weighted by molar-refractivity contribution is -0.129. The smallest absolute Gasteiger partial charge is 0.342 e. The van der Waals surface area contributed by atoms with Crippen molar-refractivity contribution in [3.05, 3.63) is 58.6 Å². The lowest BCUT2D eigenvalue weighted by Gasteiger charge is -2.15. The first-order chi connectivity index (χ1) is 12.5. The van der Waals surface area contributed by atoms with Gasteiger partial charge in [-0.2, -0.15) is 0 Å². The number of carbonyl (C=O) groups excluding carboxylic acids is 2. The first-order valence-electron chi connectivity index (χ1n) is 7.90. The second-order valence-electron chi connectivity index (χ2n) is 5.42. The quantitative estimate of drug-likeness (QED) is 0.750. The lowest BCUT2D eigenvalue weighted by atomic mass is 10.2. The van der Waals surface area contributed by atoms with Crippen LogP contribution < -0.4 is 14.8 Å². The third-order valence-corrected chi connectivity index (χ3v) is 4.06. The van der Waals surface area contributed by atoms with E-state index < -0.39 is 18.0 Å². The van der Waals surface area contributed by atoms with Crippen LogP contribution in [0.15, 0.2) is 42.5 Å². The van der Waals surface area contributed by atoms with Gasteiger partial charge in [0, 0.05) is 17.6 Å². The van der Waals surface area contributed by atoms with E-state index in [-0.39, 0.29) is 12.1 Å². The van der Waals surface area contributed by atoms with Gasteiger partial charge in [0.05, 0.1) is 14.2 Å². The number of ether oxygens (including phenoxy) is 3. The van der Waals surface area contributed by atoms with Crippen LogP contribution >= 0.6 is 11.6 Å². The van der Waals surface area contributed by atoms with Crippen LogP contribution in [0, 0.1) is 0 Å². The Bertz CT molecular complexity index is 793. The van der Waals surface area contributed by atoms with Gasteiger partial charge in [-0.05, 0) is 30.7 Å². The van der Waals surface area contributed by atoms with E-state index in [1.165, 1.54) is 27.2 Å². The molecule has 0 fully saturated rings. The molecule has 0 aliphatic heterocycles. The fourth-order valence-electron chi connectivity index (χ4n) is 2.21. The summed E-state index contributed by atoms with van der Waals surface area (Å²) in [4.78, 5) is 24.5. The minimum absolute atomic E-state index is 0.207. The molecule has 0 aromatic heterocycles. The molecule has 138 valence electrons. The fraction of sp³-hybridized carbons (Fsp3) is 0.263. The number of halogens is 1. The van der Waals surface area contributed by atoms with E-state index in [0.29, 0.717) is 16.5 Å². The van der Waals surface area contributed by atoms with Crippen molar-refractivity contribution in [2.75, 3.05) is 14.2 Å². The molecule has 6 nitrogen and oxygen atoms in total. The standard InChI is InChI=1S/C19H20ClNO5/c1-12(18(22)21-11-13-6-4-5-7-16(13)20)26-19(23)15-9-8-14(24-2)10-17(15)25-3/h4-10,12H,11H2,1-3H3,(H,21,22). The largest absolute Gasteiger partial charge is 0.497 e.